The number of halogens is 1. The number of fused-ring (bicyclic) bond motifs is 2. The minimum absolute atomic E-state index is 0.117. The van der Waals surface area contributed by atoms with Crippen molar-refractivity contribution in [2.75, 3.05) is 0 Å². The third-order valence-corrected chi connectivity index (χ3v) is 5.86. The third-order valence-electron chi connectivity index (χ3n) is 5.36. The fraction of sp³-hybridized carbons (Fsp3) is 0. The van der Waals surface area contributed by atoms with Gasteiger partial charge in [-0.25, -0.2) is 0 Å². The Balaban J connectivity index is 1.70. The molecule has 0 aliphatic carbocycles. The number of aromatic amines is 1. The summed E-state index contributed by atoms with van der Waals surface area (Å²) in [5.74, 6) is -0.361. The van der Waals surface area contributed by atoms with Gasteiger partial charge in [0.15, 0.2) is 5.78 Å². The van der Waals surface area contributed by atoms with Crippen LogP contribution in [-0.2, 0) is 0 Å². The van der Waals surface area contributed by atoms with Crippen LogP contribution in [0.15, 0.2) is 100 Å². The fourth-order valence-corrected chi connectivity index (χ4v) is 4.28. The zero-order valence-corrected chi connectivity index (χ0v) is 18.5. The number of para-hydroxylation sites is 1. The first-order valence-electron chi connectivity index (χ1n) is 10.1. The number of ketones is 1. The minimum Gasteiger partial charge on any atom is -0.321 e. The molecule has 0 radical (unpaired) electrons. The summed E-state index contributed by atoms with van der Waals surface area (Å²) in [5.41, 5.74) is 3.43. The Kier molecular flexibility index (Phi) is 5.25. The van der Waals surface area contributed by atoms with Crippen molar-refractivity contribution in [2.24, 2.45) is 0 Å². The number of benzene rings is 3. The topological polar surface area (TPSA) is 62.8 Å². The first kappa shape index (κ1) is 20.1. The lowest BCUT2D eigenvalue weighted by Gasteiger charge is -2.12. The summed E-state index contributed by atoms with van der Waals surface area (Å²) in [6, 6.07) is 24.8. The number of aromatic nitrogens is 2. The second kappa shape index (κ2) is 8.36. The molecule has 0 spiro atoms. The number of pyridine rings is 2. The van der Waals surface area contributed by atoms with Gasteiger partial charge in [0.25, 0.3) is 5.56 Å². The predicted molar refractivity (Wildman–Crippen MR) is 133 cm³/mol. The quantitative estimate of drug-likeness (QED) is 0.239. The molecule has 5 aromatic rings. The van der Waals surface area contributed by atoms with Crippen LogP contribution in [0.2, 0.25) is 0 Å². The van der Waals surface area contributed by atoms with E-state index >= 15 is 0 Å². The van der Waals surface area contributed by atoms with Crippen LogP contribution in [0.25, 0.3) is 39.0 Å². The molecule has 2 aromatic heterocycles. The third kappa shape index (κ3) is 3.67. The van der Waals surface area contributed by atoms with Gasteiger partial charge in [-0.3, -0.25) is 14.6 Å². The van der Waals surface area contributed by atoms with E-state index in [9.17, 15) is 9.59 Å². The maximum atomic E-state index is 13.4. The largest absolute Gasteiger partial charge is 0.321 e. The Hall–Kier alpha value is -3.83. The standard InChI is InChI=1S/C27H17BrN2O2/c28-20-12-13-22-21(16-20)24(17-6-2-1-3-7-17)25(27(32)30-22)23(31)14-11-19-9-4-8-18-10-5-15-29-26(18)19/h1-16H,(H,30,32)/b14-11+. The molecule has 1 N–H and O–H groups in total. The van der Waals surface area contributed by atoms with Gasteiger partial charge in [-0.15, -0.1) is 0 Å². The molecule has 4 nitrogen and oxygen atoms in total. The molecular weight excluding hydrogens is 464 g/mol. The molecule has 0 saturated carbocycles. The molecule has 5 rings (SSSR count). The van der Waals surface area contributed by atoms with E-state index in [1.54, 1.807) is 12.3 Å². The summed E-state index contributed by atoms with van der Waals surface area (Å²) in [6.45, 7) is 0. The van der Waals surface area contributed by atoms with Crippen LogP contribution in [0.3, 0.4) is 0 Å². The Morgan fingerprint density at radius 2 is 1.75 bits per heavy atom. The van der Waals surface area contributed by atoms with Crippen molar-refractivity contribution in [3.63, 3.8) is 0 Å². The number of carbonyl (C=O) groups excluding carboxylic acids is 1. The molecule has 2 heterocycles. The number of hydrogen-bond donors (Lipinski definition) is 1. The zero-order valence-electron chi connectivity index (χ0n) is 16.9. The van der Waals surface area contributed by atoms with E-state index in [2.05, 4.69) is 25.9 Å². The van der Waals surface area contributed by atoms with Gasteiger partial charge in [-0.05, 0) is 42.0 Å². The Morgan fingerprint density at radius 3 is 2.59 bits per heavy atom. The first-order chi connectivity index (χ1) is 15.6. The molecule has 0 atom stereocenters. The van der Waals surface area contributed by atoms with Crippen molar-refractivity contribution in [3.05, 3.63) is 117 Å². The lowest BCUT2D eigenvalue weighted by Crippen LogP contribution is -2.18. The van der Waals surface area contributed by atoms with Gasteiger partial charge >= 0.3 is 0 Å². The molecular formula is C27H17BrN2O2. The number of rotatable bonds is 4. The molecule has 0 saturated heterocycles. The van der Waals surface area contributed by atoms with Gasteiger partial charge in [-0.1, -0.05) is 70.5 Å². The number of carbonyl (C=O) groups is 1. The van der Waals surface area contributed by atoms with Crippen molar-refractivity contribution in [3.8, 4) is 11.1 Å². The molecule has 32 heavy (non-hydrogen) atoms. The summed E-state index contributed by atoms with van der Waals surface area (Å²) in [5, 5.41) is 1.79. The number of H-pyrrole nitrogens is 1. The van der Waals surface area contributed by atoms with Crippen molar-refractivity contribution in [1.29, 1.82) is 0 Å². The van der Waals surface area contributed by atoms with Gasteiger partial charge < -0.3 is 4.98 Å². The molecule has 0 amide bonds. The van der Waals surface area contributed by atoms with Crippen LogP contribution in [0.1, 0.15) is 15.9 Å². The number of hydrogen-bond acceptors (Lipinski definition) is 3. The Labute approximate surface area is 192 Å². The predicted octanol–water partition coefficient (Wildman–Crippen LogP) is 6.40. The van der Waals surface area contributed by atoms with Crippen LogP contribution in [0.4, 0.5) is 0 Å². The molecule has 154 valence electrons. The van der Waals surface area contributed by atoms with E-state index in [4.69, 9.17) is 0 Å². The van der Waals surface area contributed by atoms with Crippen LogP contribution < -0.4 is 5.56 Å². The van der Waals surface area contributed by atoms with Gasteiger partial charge in [0.1, 0.15) is 0 Å². The molecule has 0 bridgehead atoms. The second-order valence-electron chi connectivity index (χ2n) is 7.38. The normalized spacial score (nSPS) is 11.4. The summed E-state index contributed by atoms with van der Waals surface area (Å²) in [6.07, 6.45) is 4.89. The van der Waals surface area contributed by atoms with Gasteiger partial charge in [0.05, 0.1) is 11.1 Å². The molecule has 3 aromatic carbocycles. The van der Waals surface area contributed by atoms with E-state index in [1.165, 1.54) is 6.08 Å². The van der Waals surface area contributed by atoms with Crippen molar-refractivity contribution < 1.29 is 4.79 Å². The summed E-state index contributed by atoms with van der Waals surface area (Å²) >= 11 is 3.51. The van der Waals surface area contributed by atoms with Gasteiger partial charge in [0, 0.05) is 38.1 Å². The summed E-state index contributed by atoms with van der Waals surface area (Å²) < 4.78 is 0.866. The van der Waals surface area contributed by atoms with Crippen LogP contribution >= 0.6 is 15.9 Å². The van der Waals surface area contributed by atoms with Crippen molar-refractivity contribution in [1.82, 2.24) is 9.97 Å². The number of nitrogens with one attached hydrogen (secondary N) is 1. The maximum absolute atomic E-state index is 13.4. The minimum atomic E-state index is -0.413. The fourth-order valence-electron chi connectivity index (χ4n) is 3.92. The van der Waals surface area contributed by atoms with E-state index in [0.717, 1.165) is 31.9 Å². The zero-order chi connectivity index (χ0) is 22.1. The van der Waals surface area contributed by atoms with E-state index in [1.807, 2.05) is 78.9 Å². The smallest absolute Gasteiger partial charge is 0.260 e. The maximum Gasteiger partial charge on any atom is 0.260 e. The van der Waals surface area contributed by atoms with Gasteiger partial charge in [-0.2, -0.15) is 0 Å². The monoisotopic (exact) mass is 480 g/mol. The van der Waals surface area contributed by atoms with Crippen LogP contribution in [0, 0.1) is 0 Å². The lowest BCUT2D eigenvalue weighted by molar-refractivity contribution is 0.104. The molecule has 0 aliphatic rings. The molecule has 0 aliphatic heterocycles. The highest BCUT2D eigenvalue weighted by Crippen LogP contribution is 2.32. The number of nitrogens with zero attached hydrogens (tertiary/aromatic N) is 1. The van der Waals surface area contributed by atoms with Crippen molar-refractivity contribution in [2.45, 2.75) is 0 Å². The van der Waals surface area contributed by atoms with E-state index < -0.39 is 5.56 Å². The molecule has 0 fully saturated rings. The van der Waals surface area contributed by atoms with Gasteiger partial charge in [0.2, 0.25) is 0 Å². The van der Waals surface area contributed by atoms with E-state index in [0.29, 0.717) is 11.1 Å². The van der Waals surface area contributed by atoms with Crippen LogP contribution in [-0.4, -0.2) is 15.8 Å². The Bertz CT molecular complexity index is 1560. The van der Waals surface area contributed by atoms with Crippen molar-refractivity contribution >= 4 is 49.6 Å². The molecule has 0 unspecified atom stereocenters. The molecule has 5 heteroatoms. The summed E-state index contributed by atoms with van der Waals surface area (Å²) in [7, 11) is 0. The van der Waals surface area contributed by atoms with E-state index in [-0.39, 0.29) is 11.3 Å². The van der Waals surface area contributed by atoms with Crippen LogP contribution in [0.5, 0.6) is 0 Å². The second-order valence-corrected chi connectivity index (χ2v) is 8.30. The highest BCUT2D eigenvalue weighted by Gasteiger charge is 2.19. The summed E-state index contributed by atoms with van der Waals surface area (Å²) in [4.78, 5) is 33.7. The average Bonchev–Trinajstić information content (AvgIpc) is 2.82. The lowest BCUT2D eigenvalue weighted by atomic mass is 9.94. The first-order valence-corrected chi connectivity index (χ1v) is 10.9. The Morgan fingerprint density at radius 1 is 0.938 bits per heavy atom. The average molecular weight is 481 g/mol. The SMILES string of the molecule is O=C(/C=C/c1cccc2cccnc12)c1c(-c2ccccc2)c2cc(Br)ccc2[nH]c1=O. The number of allylic oxidation sites excluding steroid dienone is 1. The highest BCUT2D eigenvalue weighted by molar-refractivity contribution is 9.10. The highest BCUT2D eigenvalue weighted by atomic mass is 79.9.